The quantitative estimate of drug-likeness (QED) is 0.677. The lowest BCUT2D eigenvalue weighted by Crippen LogP contribution is -2.46. The molecule has 2 aliphatic rings. The first-order chi connectivity index (χ1) is 12.5. The summed E-state index contributed by atoms with van der Waals surface area (Å²) in [6.45, 7) is 6.05. The van der Waals surface area contributed by atoms with Gasteiger partial charge in [0, 0.05) is 6.20 Å². The van der Waals surface area contributed by atoms with Crippen molar-refractivity contribution >= 4 is 12.1 Å². The van der Waals surface area contributed by atoms with Gasteiger partial charge in [-0.2, -0.15) is 0 Å². The zero-order valence-corrected chi connectivity index (χ0v) is 16.5. The van der Waals surface area contributed by atoms with E-state index in [-0.39, 0.29) is 18.1 Å². The summed E-state index contributed by atoms with van der Waals surface area (Å²) >= 11 is 0. The maximum absolute atomic E-state index is 12.9. The van der Waals surface area contributed by atoms with Crippen LogP contribution in [-0.2, 0) is 14.3 Å². The third-order valence-electron chi connectivity index (χ3n) is 5.44. The molecule has 0 spiro atoms. The second-order valence-corrected chi connectivity index (χ2v) is 7.13. The first-order valence-corrected chi connectivity index (χ1v) is 9.61. The van der Waals surface area contributed by atoms with Crippen molar-refractivity contribution in [3.8, 4) is 0 Å². The number of esters is 1. The number of allylic oxidation sites excluding steroid dienone is 1. The number of hydrogen-bond donors (Lipinski definition) is 0. The molecule has 0 aromatic carbocycles. The molecule has 0 N–H and O–H groups in total. The Morgan fingerprint density at radius 1 is 1.27 bits per heavy atom. The average Bonchev–Trinajstić information content (AvgIpc) is 2.66. The van der Waals surface area contributed by atoms with E-state index in [9.17, 15) is 9.59 Å². The van der Waals surface area contributed by atoms with E-state index in [0.29, 0.717) is 6.61 Å². The van der Waals surface area contributed by atoms with Gasteiger partial charge in [-0.1, -0.05) is 25.8 Å². The lowest BCUT2D eigenvalue weighted by atomic mass is 9.71. The van der Waals surface area contributed by atoms with Crippen molar-refractivity contribution in [1.29, 1.82) is 0 Å². The average molecular weight is 364 g/mol. The largest absolute Gasteiger partial charge is 0.465 e. The number of piperidine rings is 1. The number of unbranched alkanes of at least 4 members (excludes halogenated alkanes) is 1. The molecule has 26 heavy (non-hydrogen) atoms. The lowest BCUT2D eigenvalue weighted by Gasteiger charge is -2.41. The Balaban J connectivity index is 2.34. The second-order valence-electron chi connectivity index (χ2n) is 7.13. The number of amides is 1. The number of hydrogen-bond acceptors (Lipinski definition) is 5. The maximum atomic E-state index is 12.9. The molecule has 6 heteroatoms. The van der Waals surface area contributed by atoms with Crippen molar-refractivity contribution in [2.45, 2.75) is 52.0 Å². The number of likely N-dealkylation sites (tertiary alicyclic amines) is 1. The molecule has 1 amide bonds. The van der Waals surface area contributed by atoms with Crippen LogP contribution >= 0.6 is 0 Å². The van der Waals surface area contributed by atoms with Crippen molar-refractivity contribution < 1.29 is 19.1 Å². The number of carbonyl (C=O) groups is 2. The van der Waals surface area contributed by atoms with Gasteiger partial charge in [0.15, 0.2) is 0 Å². The molecule has 2 aliphatic heterocycles. The summed E-state index contributed by atoms with van der Waals surface area (Å²) in [7, 11) is 3.46. The van der Waals surface area contributed by atoms with Crippen LogP contribution in [0.15, 0.2) is 23.9 Å². The molecule has 0 aliphatic carbocycles. The van der Waals surface area contributed by atoms with E-state index in [0.717, 1.165) is 50.8 Å². The Morgan fingerprint density at radius 3 is 2.54 bits per heavy atom. The van der Waals surface area contributed by atoms with E-state index in [4.69, 9.17) is 9.47 Å². The minimum Gasteiger partial charge on any atom is -0.465 e. The molecule has 0 radical (unpaired) electrons. The van der Waals surface area contributed by atoms with Crippen molar-refractivity contribution in [3.63, 3.8) is 0 Å². The van der Waals surface area contributed by atoms with E-state index in [2.05, 4.69) is 24.9 Å². The predicted molar refractivity (Wildman–Crippen MR) is 101 cm³/mol. The van der Waals surface area contributed by atoms with Crippen LogP contribution in [0.2, 0.25) is 0 Å². The summed E-state index contributed by atoms with van der Waals surface area (Å²) in [5.41, 5.74) is 0.358. The van der Waals surface area contributed by atoms with E-state index >= 15 is 0 Å². The fourth-order valence-electron chi connectivity index (χ4n) is 3.75. The first-order valence-electron chi connectivity index (χ1n) is 9.61. The van der Waals surface area contributed by atoms with Gasteiger partial charge in [0.05, 0.1) is 25.2 Å². The number of carbonyl (C=O) groups excluding carboxylic acids is 2. The molecule has 1 saturated heterocycles. The zero-order valence-electron chi connectivity index (χ0n) is 16.5. The molecule has 146 valence electrons. The maximum Gasteiger partial charge on any atom is 0.414 e. The Hall–Kier alpha value is -1.82. The molecule has 6 nitrogen and oxygen atoms in total. The number of nitrogens with zero attached hydrogens (tertiary/aromatic N) is 2. The fraction of sp³-hybridized carbons (Fsp3) is 0.700. The molecule has 2 heterocycles. The monoisotopic (exact) mass is 364 g/mol. The summed E-state index contributed by atoms with van der Waals surface area (Å²) in [5, 5.41) is 0. The highest BCUT2D eigenvalue weighted by molar-refractivity contribution is 5.82. The normalized spacial score (nSPS) is 22.7. The predicted octanol–water partition coefficient (Wildman–Crippen LogP) is 3.34. The SMILES string of the molecule is CCCCC1C=C(C2(C(=O)OCC)CCN(C)CC2)C=CN1C(=O)OC. The third-order valence-corrected chi connectivity index (χ3v) is 5.44. The highest BCUT2D eigenvalue weighted by Gasteiger charge is 2.45. The summed E-state index contributed by atoms with van der Waals surface area (Å²) < 4.78 is 10.4. The Labute approximate surface area is 156 Å². The molecule has 0 saturated carbocycles. The molecule has 0 aromatic rings. The third kappa shape index (κ3) is 4.29. The first kappa shape index (κ1) is 20.5. The highest BCUT2D eigenvalue weighted by atomic mass is 16.5. The van der Waals surface area contributed by atoms with Crippen LogP contribution < -0.4 is 0 Å². The van der Waals surface area contributed by atoms with Gasteiger partial charge in [-0.3, -0.25) is 9.69 Å². The molecular formula is C20H32N2O4. The summed E-state index contributed by atoms with van der Waals surface area (Å²) in [4.78, 5) is 28.9. The number of methoxy groups -OCH3 is 1. The Bertz CT molecular complexity index is 562. The van der Waals surface area contributed by atoms with E-state index < -0.39 is 5.41 Å². The van der Waals surface area contributed by atoms with Crippen molar-refractivity contribution in [3.05, 3.63) is 23.9 Å². The van der Waals surface area contributed by atoms with E-state index in [1.165, 1.54) is 7.11 Å². The fourth-order valence-corrected chi connectivity index (χ4v) is 3.75. The standard InChI is InChI=1S/C20H32N2O4/c1-5-7-8-17-15-16(9-12-22(17)19(24)25-4)20(18(23)26-6-2)10-13-21(3)14-11-20/h9,12,15,17H,5-8,10-11,13-14H2,1-4H3. The molecule has 0 bridgehead atoms. The molecule has 0 aromatic heterocycles. The van der Waals surface area contributed by atoms with Gasteiger partial charge in [0.2, 0.25) is 0 Å². The topological polar surface area (TPSA) is 59.1 Å². The van der Waals surface area contributed by atoms with Crippen molar-refractivity contribution in [1.82, 2.24) is 9.80 Å². The molecule has 1 fully saturated rings. The number of ether oxygens (including phenoxy) is 2. The van der Waals surface area contributed by atoms with Crippen LogP contribution in [0.1, 0.15) is 46.0 Å². The lowest BCUT2D eigenvalue weighted by molar-refractivity contribution is -0.155. The van der Waals surface area contributed by atoms with Crippen LogP contribution in [0.5, 0.6) is 0 Å². The van der Waals surface area contributed by atoms with Gasteiger partial charge in [-0.05, 0) is 58.0 Å². The van der Waals surface area contributed by atoms with Gasteiger partial charge in [-0.25, -0.2) is 4.79 Å². The van der Waals surface area contributed by atoms with E-state index in [1.807, 2.05) is 13.0 Å². The van der Waals surface area contributed by atoms with Crippen LogP contribution in [0.3, 0.4) is 0 Å². The van der Waals surface area contributed by atoms with Crippen molar-refractivity contribution in [2.75, 3.05) is 33.9 Å². The highest BCUT2D eigenvalue weighted by Crippen LogP contribution is 2.42. The van der Waals surface area contributed by atoms with Crippen LogP contribution in [0.4, 0.5) is 4.79 Å². The Kier molecular flexibility index (Phi) is 7.26. The van der Waals surface area contributed by atoms with Crippen molar-refractivity contribution in [2.24, 2.45) is 5.41 Å². The Morgan fingerprint density at radius 2 is 1.96 bits per heavy atom. The summed E-state index contributed by atoms with van der Waals surface area (Å²) in [6.07, 6.45) is 9.73. The summed E-state index contributed by atoms with van der Waals surface area (Å²) in [5.74, 6) is -0.148. The van der Waals surface area contributed by atoms with Gasteiger partial charge in [0.25, 0.3) is 0 Å². The van der Waals surface area contributed by atoms with Gasteiger partial charge >= 0.3 is 12.1 Å². The smallest absolute Gasteiger partial charge is 0.414 e. The van der Waals surface area contributed by atoms with Crippen LogP contribution in [-0.4, -0.2) is 61.8 Å². The molecule has 1 unspecified atom stereocenters. The second kappa shape index (κ2) is 9.21. The van der Waals surface area contributed by atoms with Gasteiger partial charge in [-0.15, -0.1) is 0 Å². The minimum absolute atomic E-state index is 0.0895. The number of rotatable bonds is 6. The molecular weight excluding hydrogens is 332 g/mol. The molecule has 1 atom stereocenters. The minimum atomic E-state index is -0.619. The van der Waals surface area contributed by atoms with Crippen LogP contribution in [0, 0.1) is 5.41 Å². The zero-order chi connectivity index (χ0) is 19.2. The van der Waals surface area contributed by atoms with Gasteiger partial charge in [0.1, 0.15) is 0 Å². The summed E-state index contributed by atoms with van der Waals surface area (Å²) in [6, 6.07) is -0.0895. The van der Waals surface area contributed by atoms with Gasteiger partial charge < -0.3 is 14.4 Å². The van der Waals surface area contributed by atoms with Crippen LogP contribution in [0.25, 0.3) is 0 Å². The molecule has 2 rings (SSSR count). The van der Waals surface area contributed by atoms with E-state index in [1.54, 1.807) is 11.1 Å².